The summed E-state index contributed by atoms with van der Waals surface area (Å²) in [6, 6.07) is 5.00. The molecule has 3 heterocycles. The molecule has 1 amide bonds. The number of carbonyl (C=O) groups is 1. The molecule has 0 unspecified atom stereocenters. The van der Waals surface area contributed by atoms with Gasteiger partial charge in [-0.3, -0.25) is 9.78 Å². The summed E-state index contributed by atoms with van der Waals surface area (Å²) in [5, 5.41) is 0.344. The van der Waals surface area contributed by atoms with Gasteiger partial charge in [0.2, 0.25) is 5.91 Å². The molecule has 31 heavy (non-hydrogen) atoms. The lowest BCUT2D eigenvalue weighted by molar-refractivity contribution is -0.131. The summed E-state index contributed by atoms with van der Waals surface area (Å²) >= 11 is 6.35. The maximum atomic E-state index is 14.5. The first-order chi connectivity index (χ1) is 15.0. The maximum Gasteiger partial charge on any atom is 0.222 e. The Labute approximate surface area is 183 Å². The molecular weight excluding hydrogens is 424 g/mol. The highest BCUT2D eigenvalue weighted by Gasteiger charge is 2.24. The molecule has 3 aromatic rings. The van der Waals surface area contributed by atoms with Crippen LogP contribution in [0.4, 0.5) is 14.6 Å². The van der Waals surface area contributed by atoms with Crippen molar-refractivity contribution in [1.29, 1.82) is 0 Å². The van der Waals surface area contributed by atoms with Crippen LogP contribution in [0, 0.1) is 11.6 Å². The summed E-state index contributed by atoms with van der Waals surface area (Å²) < 4.78 is 28.0. The quantitative estimate of drug-likeness (QED) is 0.605. The number of carbonyl (C=O) groups excluding carboxylic acids is 1. The molecule has 1 aromatic carbocycles. The van der Waals surface area contributed by atoms with Crippen molar-refractivity contribution < 1.29 is 13.6 Å². The van der Waals surface area contributed by atoms with E-state index >= 15 is 0 Å². The van der Waals surface area contributed by atoms with Gasteiger partial charge in [-0.25, -0.2) is 18.7 Å². The normalized spacial score (nSPS) is 14.1. The van der Waals surface area contributed by atoms with Gasteiger partial charge in [0.1, 0.15) is 23.1 Å². The van der Waals surface area contributed by atoms with Crippen molar-refractivity contribution in [3.05, 3.63) is 59.5 Å². The third-order valence-electron chi connectivity index (χ3n) is 5.23. The van der Waals surface area contributed by atoms with Gasteiger partial charge in [0.25, 0.3) is 0 Å². The lowest BCUT2D eigenvalue weighted by Gasteiger charge is -2.35. The van der Waals surface area contributed by atoms with Crippen molar-refractivity contribution in [2.45, 2.75) is 13.3 Å². The molecule has 0 aliphatic carbocycles. The van der Waals surface area contributed by atoms with E-state index in [9.17, 15) is 13.6 Å². The zero-order valence-corrected chi connectivity index (χ0v) is 17.6. The monoisotopic (exact) mass is 443 g/mol. The first-order valence-corrected chi connectivity index (χ1v) is 10.3. The van der Waals surface area contributed by atoms with Crippen LogP contribution >= 0.6 is 11.6 Å². The maximum absolute atomic E-state index is 14.5. The van der Waals surface area contributed by atoms with E-state index in [-0.39, 0.29) is 17.2 Å². The Bertz CT molecular complexity index is 1120. The molecule has 160 valence electrons. The van der Waals surface area contributed by atoms with Gasteiger partial charge in [0.15, 0.2) is 0 Å². The van der Waals surface area contributed by atoms with Crippen molar-refractivity contribution in [3.8, 4) is 22.5 Å². The standard InChI is InChI=1S/C22H20ClF2N5O/c1-2-20(31)30-9-7-29(8-10-30)19-13-27-21(16-4-3-14(24)11-18(16)25)22(28-19)15-5-6-26-12-17(15)23/h3-6,11-13H,2,7-10H2,1H3. The van der Waals surface area contributed by atoms with Crippen LogP contribution in [0.1, 0.15) is 13.3 Å². The number of aromatic nitrogens is 3. The minimum absolute atomic E-state index is 0.122. The molecule has 2 aromatic heterocycles. The zero-order chi connectivity index (χ0) is 22.0. The molecule has 1 fully saturated rings. The smallest absolute Gasteiger partial charge is 0.222 e. The molecule has 1 aliphatic rings. The van der Waals surface area contributed by atoms with Crippen molar-refractivity contribution in [2.24, 2.45) is 0 Å². The Balaban J connectivity index is 1.75. The van der Waals surface area contributed by atoms with Crippen molar-refractivity contribution in [1.82, 2.24) is 19.9 Å². The van der Waals surface area contributed by atoms with Gasteiger partial charge in [-0.05, 0) is 18.2 Å². The van der Waals surface area contributed by atoms with Crippen LogP contribution in [0.5, 0.6) is 0 Å². The Morgan fingerprint density at radius 1 is 1.06 bits per heavy atom. The molecule has 0 radical (unpaired) electrons. The van der Waals surface area contributed by atoms with E-state index in [1.54, 1.807) is 18.5 Å². The Kier molecular flexibility index (Phi) is 6.08. The average molecular weight is 444 g/mol. The minimum Gasteiger partial charge on any atom is -0.352 e. The van der Waals surface area contributed by atoms with Crippen LogP contribution in [0.15, 0.2) is 42.9 Å². The Morgan fingerprint density at radius 3 is 2.52 bits per heavy atom. The number of piperazine rings is 1. The Morgan fingerprint density at radius 2 is 1.84 bits per heavy atom. The molecule has 0 bridgehead atoms. The molecule has 4 rings (SSSR count). The predicted octanol–water partition coefficient (Wildman–Crippen LogP) is 4.20. The first-order valence-electron chi connectivity index (χ1n) is 9.93. The number of halogens is 3. The van der Waals surface area contributed by atoms with Crippen LogP contribution < -0.4 is 4.90 Å². The summed E-state index contributed by atoms with van der Waals surface area (Å²) in [6.07, 6.45) is 5.08. The number of pyridine rings is 1. The number of amides is 1. The summed E-state index contributed by atoms with van der Waals surface area (Å²) in [6.45, 7) is 4.24. The lowest BCUT2D eigenvalue weighted by atomic mass is 10.0. The predicted molar refractivity (Wildman–Crippen MR) is 115 cm³/mol. The fourth-order valence-electron chi connectivity index (χ4n) is 3.57. The number of anilines is 1. The van der Waals surface area contributed by atoms with Gasteiger partial charge in [0.05, 0.1) is 16.9 Å². The van der Waals surface area contributed by atoms with E-state index in [0.717, 1.165) is 6.07 Å². The second-order valence-electron chi connectivity index (χ2n) is 7.13. The largest absolute Gasteiger partial charge is 0.352 e. The van der Waals surface area contributed by atoms with Gasteiger partial charge in [-0.15, -0.1) is 0 Å². The number of hydrogen-bond donors (Lipinski definition) is 0. The fourth-order valence-corrected chi connectivity index (χ4v) is 3.78. The SMILES string of the molecule is CCC(=O)N1CCN(c2cnc(-c3ccc(F)cc3F)c(-c3ccncc3Cl)n2)CC1. The van der Waals surface area contributed by atoms with Gasteiger partial charge in [-0.1, -0.05) is 18.5 Å². The number of nitrogens with zero attached hydrogens (tertiary/aromatic N) is 5. The van der Waals surface area contributed by atoms with Crippen LogP contribution in [0.25, 0.3) is 22.5 Å². The Hall–Kier alpha value is -3.13. The van der Waals surface area contributed by atoms with E-state index in [4.69, 9.17) is 16.6 Å². The van der Waals surface area contributed by atoms with Crippen LogP contribution in [0.2, 0.25) is 5.02 Å². The van der Waals surface area contributed by atoms with Crippen molar-refractivity contribution in [2.75, 3.05) is 31.1 Å². The van der Waals surface area contributed by atoms with Crippen LogP contribution in [-0.2, 0) is 4.79 Å². The second-order valence-corrected chi connectivity index (χ2v) is 7.53. The summed E-state index contributed by atoms with van der Waals surface area (Å²) in [4.78, 5) is 29.0. The van der Waals surface area contributed by atoms with Gasteiger partial charge in [-0.2, -0.15) is 0 Å². The molecule has 0 saturated carbocycles. The molecule has 1 saturated heterocycles. The molecule has 0 N–H and O–H groups in total. The summed E-state index contributed by atoms with van der Waals surface area (Å²) in [5.74, 6) is -0.691. The molecular formula is C22H20ClF2N5O. The first kappa shape index (κ1) is 21.1. The van der Waals surface area contributed by atoms with E-state index in [2.05, 4.69) is 9.97 Å². The highest BCUT2D eigenvalue weighted by atomic mass is 35.5. The lowest BCUT2D eigenvalue weighted by Crippen LogP contribution is -2.48. The van der Waals surface area contributed by atoms with E-state index in [0.29, 0.717) is 54.7 Å². The summed E-state index contributed by atoms with van der Waals surface area (Å²) in [5.41, 5.74) is 1.31. The minimum atomic E-state index is -0.736. The average Bonchev–Trinajstić information content (AvgIpc) is 2.79. The summed E-state index contributed by atoms with van der Waals surface area (Å²) in [7, 11) is 0. The molecule has 0 atom stereocenters. The molecule has 0 spiro atoms. The van der Waals surface area contributed by atoms with Gasteiger partial charge < -0.3 is 9.80 Å². The number of rotatable bonds is 4. The molecule has 1 aliphatic heterocycles. The van der Waals surface area contributed by atoms with E-state index in [1.807, 2.05) is 16.7 Å². The second kappa shape index (κ2) is 8.93. The van der Waals surface area contributed by atoms with Gasteiger partial charge in [0, 0.05) is 62.2 Å². The van der Waals surface area contributed by atoms with Crippen molar-refractivity contribution in [3.63, 3.8) is 0 Å². The van der Waals surface area contributed by atoms with Crippen LogP contribution in [-0.4, -0.2) is 51.9 Å². The number of benzene rings is 1. The van der Waals surface area contributed by atoms with Crippen molar-refractivity contribution >= 4 is 23.3 Å². The fraction of sp³-hybridized carbons (Fsp3) is 0.273. The number of hydrogen-bond acceptors (Lipinski definition) is 5. The third-order valence-corrected chi connectivity index (χ3v) is 5.53. The highest BCUT2D eigenvalue weighted by Crippen LogP contribution is 2.35. The third kappa shape index (κ3) is 4.34. The zero-order valence-electron chi connectivity index (χ0n) is 16.9. The molecule has 6 nitrogen and oxygen atoms in total. The van der Waals surface area contributed by atoms with E-state index in [1.165, 1.54) is 18.3 Å². The van der Waals surface area contributed by atoms with Gasteiger partial charge >= 0.3 is 0 Å². The highest BCUT2D eigenvalue weighted by molar-refractivity contribution is 6.33. The molecule has 9 heteroatoms. The topological polar surface area (TPSA) is 62.2 Å². The van der Waals surface area contributed by atoms with E-state index < -0.39 is 11.6 Å². The van der Waals surface area contributed by atoms with Crippen LogP contribution in [0.3, 0.4) is 0 Å².